The number of thiazole rings is 1. The molecule has 38 heavy (non-hydrogen) atoms. The van der Waals surface area contributed by atoms with Gasteiger partial charge < -0.3 is 9.15 Å². The Labute approximate surface area is 231 Å². The number of esters is 1. The number of carbonyl (C=O) groups excluding carboxylic acids is 2. The van der Waals surface area contributed by atoms with E-state index in [9.17, 15) is 14.4 Å². The van der Waals surface area contributed by atoms with Gasteiger partial charge >= 0.3 is 5.97 Å². The third-order valence-electron chi connectivity index (χ3n) is 6.43. The number of nitrogens with zero attached hydrogens (tertiary/aromatic N) is 2. The number of halogens is 1. The van der Waals surface area contributed by atoms with Crippen molar-refractivity contribution in [2.75, 3.05) is 11.5 Å². The molecule has 0 spiro atoms. The predicted molar refractivity (Wildman–Crippen MR) is 151 cm³/mol. The zero-order valence-electron chi connectivity index (χ0n) is 21.3. The zero-order valence-corrected chi connectivity index (χ0v) is 23.7. The van der Waals surface area contributed by atoms with E-state index in [1.807, 2.05) is 24.3 Å². The van der Waals surface area contributed by atoms with Gasteiger partial charge in [-0.25, -0.2) is 9.78 Å². The van der Waals surface area contributed by atoms with E-state index in [0.29, 0.717) is 16.7 Å². The van der Waals surface area contributed by atoms with Crippen LogP contribution >= 0.6 is 27.3 Å². The Morgan fingerprint density at radius 3 is 2.58 bits per heavy atom. The van der Waals surface area contributed by atoms with Crippen LogP contribution in [0.1, 0.15) is 69.4 Å². The third kappa shape index (κ3) is 4.39. The van der Waals surface area contributed by atoms with Crippen molar-refractivity contribution in [1.82, 2.24) is 4.98 Å². The molecule has 1 atom stereocenters. The average molecular weight is 593 g/mol. The number of aromatic nitrogens is 1. The van der Waals surface area contributed by atoms with Gasteiger partial charge in [-0.05, 0) is 41.7 Å². The second-order valence-electron chi connectivity index (χ2n) is 10.1. The molecule has 7 nitrogen and oxygen atoms in total. The van der Waals surface area contributed by atoms with E-state index in [1.54, 1.807) is 25.1 Å². The highest BCUT2D eigenvalue weighted by atomic mass is 79.9. The van der Waals surface area contributed by atoms with Crippen LogP contribution < -0.4 is 10.3 Å². The number of carbonyl (C=O) groups is 2. The van der Waals surface area contributed by atoms with Gasteiger partial charge in [-0.15, -0.1) is 0 Å². The van der Waals surface area contributed by atoms with Crippen molar-refractivity contribution in [2.24, 2.45) is 0 Å². The number of fused-ring (bicyclic) bond motifs is 2. The van der Waals surface area contributed by atoms with Gasteiger partial charge in [-0.1, -0.05) is 85.0 Å². The lowest BCUT2D eigenvalue weighted by Gasteiger charge is -2.24. The molecule has 0 radical (unpaired) electrons. The number of aryl methyl sites for hydroxylation is 1. The maximum atomic E-state index is 13.9. The monoisotopic (exact) mass is 592 g/mol. The fourth-order valence-corrected chi connectivity index (χ4v) is 5.85. The van der Waals surface area contributed by atoms with Crippen molar-refractivity contribution in [2.45, 2.75) is 39.2 Å². The summed E-state index contributed by atoms with van der Waals surface area (Å²) >= 11 is 4.46. The van der Waals surface area contributed by atoms with E-state index in [-0.39, 0.29) is 38.8 Å². The highest BCUT2D eigenvalue weighted by molar-refractivity contribution is 9.10. The van der Waals surface area contributed by atoms with E-state index in [4.69, 9.17) is 9.15 Å². The molecule has 2 aromatic carbocycles. The van der Waals surface area contributed by atoms with Crippen LogP contribution in [0.5, 0.6) is 0 Å². The highest BCUT2D eigenvalue weighted by Crippen LogP contribution is 2.43. The molecule has 0 saturated heterocycles. The summed E-state index contributed by atoms with van der Waals surface area (Å²) in [5.41, 5.74) is 2.47. The molecule has 4 aromatic rings. The lowest BCUT2D eigenvalue weighted by molar-refractivity contribution is 0.0554. The first-order valence-electron chi connectivity index (χ1n) is 12.0. The van der Waals surface area contributed by atoms with Crippen LogP contribution in [-0.4, -0.2) is 23.5 Å². The Morgan fingerprint density at radius 2 is 1.92 bits per heavy atom. The Bertz CT molecular complexity index is 1660. The van der Waals surface area contributed by atoms with Crippen molar-refractivity contribution in [3.63, 3.8) is 0 Å². The number of benzene rings is 2. The molecule has 194 valence electrons. The summed E-state index contributed by atoms with van der Waals surface area (Å²) in [6.07, 6.45) is 1.48. The van der Waals surface area contributed by atoms with Crippen molar-refractivity contribution in [1.29, 1.82) is 0 Å². The second kappa shape index (κ2) is 9.63. The van der Waals surface area contributed by atoms with E-state index >= 15 is 0 Å². The largest absolute Gasteiger partial charge is 0.457 e. The molecule has 1 aliphatic rings. The van der Waals surface area contributed by atoms with Crippen LogP contribution in [0.3, 0.4) is 0 Å². The van der Waals surface area contributed by atoms with Crippen molar-refractivity contribution in [3.8, 4) is 0 Å². The van der Waals surface area contributed by atoms with Gasteiger partial charge in [0, 0.05) is 4.47 Å². The minimum absolute atomic E-state index is 0.0293. The molecule has 0 aliphatic carbocycles. The number of amides is 1. The first kappa shape index (κ1) is 26.1. The average Bonchev–Trinajstić information content (AvgIpc) is 3.40. The molecule has 0 fully saturated rings. The van der Waals surface area contributed by atoms with Gasteiger partial charge in [0.05, 0.1) is 22.7 Å². The van der Waals surface area contributed by atoms with Crippen LogP contribution in [0.15, 0.2) is 68.8 Å². The van der Waals surface area contributed by atoms with Crippen molar-refractivity contribution < 1.29 is 18.7 Å². The van der Waals surface area contributed by atoms with Gasteiger partial charge in [-0.3, -0.25) is 14.5 Å². The number of rotatable bonds is 5. The van der Waals surface area contributed by atoms with Crippen LogP contribution in [0.25, 0.3) is 11.0 Å². The minimum atomic E-state index is -0.784. The Balaban J connectivity index is 1.71. The second-order valence-corrected chi connectivity index (χ2v) is 12.0. The molecular formula is C29H25BrN2O5S. The van der Waals surface area contributed by atoms with Crippen molar-refractivity contribution in [3.05, 3.63) is 103 Å². The van der Waals surface area contributed by atoms with E-state index < -0.39 is 17.9 Å². The predicted octanol–water partition coefficient (Wildman–Crippen LogP) is 6.71. The summed E-state index contributed by atoms with van der Waals surface area (Å²) in [6.45, 7) is 11.7. The number of ether oxygens (including phenoxy) is 1. The first-order chi connectivity index (χ1) is 18.0. The maximum absolute atomic E-state index is 13.9. The molecule has 3 heterocycles. The number of hydrogen-bond acceptors (Lipinski definition) is 7. The Hall–Kier alpha value is -3.56. The van der Waals surface area contributed by atoms with E-state index in [2.05, 4.69) is 48.3 Å². The summed E-state index contributed by atoms with van der Waals surface area (Å²) in [4.78, 5) is 46.6. The summed E-state index contributed by atoms with van der Waals surface area (Å²) in [5.74, 6) is -1.07. The van der Waals surface area contributed by atoms with E-state index in [0.717, 1.165) is 26.9 Å². The maximum Gasteiger partial charge on any atom is 0.350 e. The fourth-order valence-electron chi connectivity index (χ4n) is 4.50. The quantitative estimate of drug-likeness (QED) is 0.189. The van der Waals surface area contributed by atoms with Gasteiger partial charge in [0.1, 0.15) is 17.1 Å². The normalized spacial score (nSPS) is 15.1. The smallest absolute Gasteiger partial charge is 0.350 e. The van der Waals surface area contributed by atoms with Gasteiger partial charge in [0.2, 0.25) is 5.76 Å². The van der Waals surface area contributed by atoms with Crippen LogP contribution in [0.4, 0.5) is 5.13 Å². The fraction of sp³-hybridized carbons (Fsp3) is 0.241. The standard InChI is InChI=1S/C29H25BrN2O5S/c1-6-13-36-27(35)25-15(2)31-28(38-25)32-22(16-7-9-17(10-8-16)29(3,4)5)21-23(33)19-14-18(30)11-12-20(19)37-24(21)26(32)34/h6-12,14,22H,1,13H2,2-5H3. The van der Waals surface area contributed by atoms with Gasteiger partial charge in [-0.2, -0.15) is 0 Å². The summed E-state index contributed by atoms with van der Waals surface area (Å²) in [6, 6.07) is 12.2. The molecule has 0 saturated carbocycles. The topological polar surface area (TPSA) is 89.7 Å². The molecular weight excluding hydrogens is 568 g/mol. The summed E-state index contributed by atoms with van der Waals surface area (Å²) < 4.78 is 12.0. The SMILES string of the molecule is C=CCOC(=O)c1sc(N2C(=O)c3oc4ccc(Br)cc4c(=O)c3C2c2ccc(C(C)(C)C)cc2)nc1C. The number of hydrogen-bond donors (Lipinski definition) is 0. The Morgan fingerprint density at radius 1 is 1.21 bits per heavy atom. The Kier molecular flexibility index (Phi) is 6.61. The van der Waals surface area contributed by atoms with Gasteiger partial charge in [0.15, 0.2) is 10.6 Å². The van der Waals surface area contributed by atoms with E-state index in [1.165, 1.54) is 11.0 Å². The molecule has 1 aliphatic heterocycles. The molecule has 9 heteroatoms. The first-order valence-corrected chi connectivity index (χ1v) is 13.6. The lowest BCUT2D eigenvalue weighted by Crippen LogP contribution is -2.29. The summed E-state index contributed by atoms with van der Waals surface area (Å²) in [5, 5.41) is 0.645. The molecule has 1 amide bonds. The molecule has 1 unspecified atom stereocenters. The van der Waals surface area contributed by atoms with Crippen LogP contribution in [-0.2, 0) is 10.2 Å². The van der Waals surface area contributed by atoms with Gasteiger partial charge in [0.25, 0.3) is 5.91 Å². The van der Waals surface area contributed by atoms with Crippen LogP contribution in [0, 0.1) is 6.92 Å². The third-order valence-corrected chi connectivity index (χ3v) is 8.06. The molecule has 0 bridgehead atoms. The molecule has 5 rings (SSSR count). The minimum Gasteiger partial charge on any atom is -0.457 e. The van der Waals surface area contributed by atoms with Crippen LogP contribution in [0.2, 0.25) is 0 Å². The summed E-state index contributed by atoms with van der Waals surface area (Å²) in [7, 11) is 0. The lowest BCUT2D eigenvalue weighted by atomic mass is 9.86. The molecule has 2 aromatic heterocycles. The zero-order chi connectivity index (χ0) is 27.4. The van der Waals surface area contributed by atoms with Crippen molar-refractivity contribution >= 4 is 55.2 Å². The number of anilines is 1. The highest BCUT2D eigenvalue weighted by Gasteiger charge is 2.45. The molecule has 0 N–H and O–H groups in total.